The molecule has 0 spiro atoms. The van der Waals surface area contributed by atoms with Crippen molar-refractivity contribution in [2.24, 2.45) is 0 Å². The Morgan fingerprint density at radius 3 is 2.36 bits per heavy atom. The Kier molecular flexibility index (Phi) is 3.24. The molecule has 80 valence electrons. The highest BCUT2D eigenvalue weighted by molar-refractivity contribution is 9.10. The third-order valence-corrected chi connectivity index (χ3v) is 5.51. The number of nitriles is 1. The maximum atomic E-state index is 11.7. The van der Waals surface area contributed by atoms with E-state index in [1.165, 1.54) is 4.31 Å². The molecule has 1 fully saturated rings. The Balaban J connectivity index is 3.03. The summed E-state index contributed by atoms with van der Waals surface area (Å²) in [7, 11) is -3.34. The number of halogens is 1. The average molecular weight is 281 g/mol. The number of hydrogen-bond acceptors (Lipinski definition) is 3. The molecule has 0 unspecified atom stereocenters. The summed E-state index contributed by atoms with van der Waals surface area (Å²) in [6.45, 7) is 3.26. The summed E-state index contributed by atoms with van der Waals surface area (Å²) in [6, 6.07) is 2.05. The Morgan fingerprint density at radius 1 is 1.57 bits per heavy atom. The van der Waals surface area contributed by atoms with E-state index in [2.05, 4.69) is 15.9 Å². The predicted molar refractivity (Wildman–Crippen MR) is 57.3 cm³/mol. The molecule has 0 aromatic carbocycles. The first-order chi connectivity index (χ1) is 6.35. The minimum atomic E-state index is -3.34. The van der Waals surface area contributed by atoms with Gasteiger partial charge in [0.05, 0.1) is 6.07 Å². The molecule has 0 amide bonds. The van der Waals surface area contributed by atoms with E-state index in [4.69, 9.17) is 5.26 Å². The topological polar surface area (TPSA) is 61.2 Å². The van der Waals surface area contributed by atoms with Crippen molar-refractivity contribution in [2.75, 3.05) is 4.66 Å². The first-order valence-corrected chi connectivity index (χ1v) is 7.07. The summed E-state index contributed by atoms with van der Waals surface area (Å²) in [5.41, 5.74) is -0.951. The first kappa shape index (κ1) is 12.0. The molecule has 0 aliphatic heterocycles. The summed E-state index contributed by atoms with van der Waals surface area (Å²) in [4.78, 5) is 0. The van der Waals surface area contributed by atoms with Crippen LogP contribution in [0.3, 0.4) is 0 Å². The van der Waals surface area contributed by atoms with Gasteiger partial charge in [-0.3, -0.25) is 0 Å². The number of nitrogens with zero attached hydrogens (tertiary/aromatic N) is 2. The maximum absolute atomic E-state index is 11.7. The van der Waals surface area contributed by atoms with E-state index < -0.39 is 15.6 Å². The van der Waals surface area contributed by atoms with Crippen LogP contribution in [0.4, 0.5) is 0 Å². The summed E-state index contributed by atoms with van der Waals surface area (Å²) in [5.74, 6) is 0. The molecule has 0 aromatic heterocycles. The zero-order valence-electron chi connectivity index (χ0n) is 8.20. The van der Waals surface area contributed by atoms with Crippen LogP contribution in [-0.4, -0.2) is 29.0 Å². The fourth-order valence-electron chi connectivity index (χ4n) is 1.44. The van der Waals surface area contributed by atoms with Crippen LogP contribution in [0, 0.1) is 11.3 Å². The van der Waals surface area contributed by atoms with Gasteiger partial charge in [-0.2, -0.15) is 9.57 Å². The minimum absolute atomic E-state index is 0.0206. The van der Waals surface area contributed by atoms with Gasteiger partial charge < -0.3 is 0 Å². The van der Waals surface area contributed by atoms with Crippen LogP contribution in [0.1, 0.15) is 26.7 Å². The molecule has 0 aromatic rings. The van der Waals surface area contributed by atoms with Crippen LogP contribution in [0.25, 0.3) is 0 Å². The van der Waals surface area contributed by atoms with Crippen molar-refractivity contribution in [1.29, 1.82) is 5.26 Å². The summed E-state index contributed by atoms with van der Waals surface area (Å²) < 4.78 is 24.6. The third-order valence-electron chi connectivity index (χ3n) is 2.14. The van der Waals surface area contributed by atoms with Crippen molar-refractivity contribution in [1.82, 2.24) is 4.31 Å². The van der Waals surface area contributed by atoms with Gasteiger partial charge in [0.25, 0.3) is 0 Å². The lowest BCUT2D eigenvalue weighted by Crippen LogP contribution is -2.48. The zero-order valence-corrected chi connectivity index (χ0v) is 10.6. The molecule has 0 bridgehead atoms. The van der Waals surface area contributed by atoms with E-state index in [1.54, 1.807) is 13.8 Å². The van der Waals surface area contributed by atoms with Gasteiger partial charge in [0.15, 0.2) is 0 Å². The van der Waals surface area contributed by atoms with Gasteiger partial charge >= 0.3 is 0 Å². The van der Waals surface area contributed by atoms with E-state index in [0.29, 0.717) is 0 Å². The monoisotopic (exact) mass is 280 g/mol. The second-order valence-electron chi connectivity index (χ2n) is 3.92. The fraction of sp³-hybridized carbons (Fsp3) is 0.875. The molecule has 6 heteroatoms. The second kappa shape index (κ2) is 3.80. The van der Waals surface area contributed by atoms with Gasteiger partial charge in [-0.05, 0) is 26.7 Å². The van der Waals surface area contributed by atoms with Gasteiger partial charge in [-0.15, -0.1) is 0 Å². The normalized spacial score (nSPS) is 18.2. The molecular formula is C8H13BrN2O2S. The van der Waals surface area contributed by atoms with Crippen LogP contribution in [0.2, 0.25) is 0 Å². The Hall–Kier alpha value is -0.120. The average Bonchev–Trinajstić information content (AvgIpc) is 2.88. The van der Waals surface area contributed by atoms with Crippen molar-refractivity contribution in [3.05, 3.63) is 0 Å². The van der Waals surface area contributed by atoms with Crippen LogP contribution >= 0.6 is 15.9 Å². The van der Waals surface area contributed by atoms with E-state index >= 15 is 0 Å². The van der Waals surface area contributed by atoms with Crippen molar-refractivity contribution < 1.29 is 8.42 Å². The number of hydrogen-bond donors (Lipinski definition) is 0. The van der Waals surface area contributed by atoms with Crippen molar-refractivity contribution in [3.63, 3.8) is 0 Å². The zero-order chi connectivity index (χ0) is 11.0. The third kappa shape index (κ3) is 2.27. The fourth-order valence-corrected chi connectivity index (χ4v) is 3.61. The van der Waals surface area contributed by atoms with E-state index in [0.717, 1.165) is 12.8 Å². The van der Waals surface area contributed by atoms with Gasteiger partial charge in [0.1, 0.15) is 10.2 Å². The molecule has 0 atom stereocenters. The number of sulfonamides is 1. The van der Waals surface area contributed by atoms with Crippen LogP contribution in [-0.2, 0) is 10.0 Å². The molecule has 0 N–H and O–H groups in total. The Morgan fingerprint density at radius 2 is 2.07 bits per heavy atom. The molecule has 4 nitrogen and oxygen atoms in total. The highest BCUT2D eigenvalue weighted by Crippen LogP contribution is 2.35. The molecule has 14 heavy (non-hydrogen) atoms. The molecule has 1 aliphatic carbocycles. The molecule has 0 heterocycles. The first-order valence-electron chi connectivity index (χ1n) is 4.34. The van der Waals surface area contributed by atoms with Crippen LogP contribution < -0.4 is 0 Å². The second-order valence-corrected chi connectivity index (χ2v) is 7.07. The molecule has 0 radical (unpaired) electrons. The molecule has 1 aliphatic rings. The van der Waals surface area contributed by atoms with Crippen molar-refractivity contribution >= 4 is 26.0 Å². The quantitative estimate of drug-likeness (QED) is 0.732. The minimum Gasteiger partial charge on any atom is -0.211 e. The van der Waals surface area contributed by atoms with Crippen LogP contribution in [0.5, 0.6) is 0 Å². The van der Waals surface area contributed by atoms with Gasteiger partial charge in [0, 0.05) is 6.04 Å². The van der Waals surface area contributed by atoms with Gasteiger partial charge in [-0.1, -0.05) is 15.9 Å². The van der Waals surface area contributed by atoms with Gasteiger partial charge in [0.2, 0.25) is 10.0 Å². The molecule has 1 rings (SSSR count). The largest absolute Gasteiger partial charge is 0.225 e. The molecular weight excluding hydrogens is 268 g/mol. The van der Waals surface area contributed by atoms with E-state index in [1.807, 2.05) is 6.07 Å². The number of rotatable bonds is 4. The Labute approximate surface area is 93.1 Å². The van der Waals surface area contributed by atoms with Gasteiger partial charge in [-0.25, -0.2) is 8.42 Å². The maximum Gasteiger partial charge on any atom is 0.225 e. The van der Waals surface area contributed by atoms with E-state index in [-0.39, 0.29) is 10.7 Å². The summed E-state index contributed by atoms with van der Waals surface area (Å²) in [6.07, 6.45) is 1.72. The summed E-state index contributed by atoms with van der Waals surface area (Å²) in [5, 5.41) is 8.93. The SMILES string of the molecule is CC(C)(C#N)N(C1CC1)S(=O)(=O)CBr. The Bertz CT molecular complexity index is 354. The smallest absolute Gasteiger partial charge is 0.211 e. The lowest BCUT2D eigenvalue weighted by Gasteiger charge is -2.31. The number of alkyl halides is 1. The predicted octanol–water partition coefficient (Wildman–Crippen LogP) is 1.44. The lowest BCUT2D eigenvalue weighted by molar-refractivity contribution is 0.282. The van der Waals surface area contributed by atoms with Crippen LogP contribution in [0.15, 0.2) is 0 Å². The highest BCUT2D eigenvalue weighted by Gasteiger charge is 2.45. The highest BCUT2D eigenvalue weighted by atomic mass is 79.9. The standard InChI is InChI=1S/C8H13BrN2O2S/c1-8(2,5-10)11(7-3-4-7)14(12,13)6-9/h7H,3-4,6H2,1-2H3. The molecule has 1 saturated carbocycles. The van der Waals surface area contributed by atoms with Crippen molar-refractivity contribution in [3.8, 4) is 6.07 Å². The lowest BCUT2D eigenvalue weighted by atomic mass is 10.1. The summed E-state index contributed by atoms with van der Waals surface area (Å²) >= 11 is 2.95. The van der Waals surface area contributed by atoms with Crippen molar-refractivity contribution in [2.45, 2.75) is 38.3 Å². The van der Waals surface area contributed by atoms with E-state index in [9.17, 15) is 8.42 Å². The molecule has 0 saturated heterocycles.